The van der Waals surface area contributed by atoms with Gasteiger partial charge in [0.25, 0.3) is 0 Å². The molecular formula is C7H6N2O2. The molecule has 0 aromatic rings. The van der Waals surface area contributed by atoms with Crippen LogP contribution in [0.15, 0.2) is 33.7 Å². The summed E-state index contributed by atoms with van der Waals surface area (Å²) >= 11 is 0. The molecule has 2 rings (SSSR count). The molecule has 11 heavy (non-hydrogen) atoms. The minimum Gasteiger partial charge on any atom is -0.508 e. The van der Waals surface area contributed by atoms with Crippen LogP contribution in [0.2, 0.25) is 0 Å². The Bertz CT molecular complexity index is 296. The average molecular weight is 150 g/mol. The molecular weight excluding hydrogens is 144 g/mol. The molecule has 1 aliphatic heterocycles. The third kappa shape index (κ3) is 0.869. The molecule has 4 nitrogen and oxygen atoms in total. The largest absolute Gasteiger partial charge is 0.508 e. The highest BCUT2D eigenvalue weighted by molar-refractivity contribution is 5.76. The molecule has 0 atom stereocenters. The predicted octanol–water partition coefficient (Wildman–Crippen LogP) is 1.12. The Morgan fingerprint density at radius 3 is 2.91 bits per heavy atom. The molecule has 0 saturated heterocycles. The van der Waals surface area contributed by atoms with Crippen molar-refractivity contribution in [3.8, 4) is 0 Å². The molecule has 2 aliphatic rings. The first-order valence-electron chi connectivity index (χ1n) is 3.26. The molecule has 0 aromatic carbocycles. The highest BCUT2D eigenvalue weighted by Gasteiger charge is 2.40. The van der Waals surface area contributed by atoms with Crippen LogP contribution in [0.3, 0.4) is 0 Å². The van der Waals surface area contributed by atoms with E-state index >= 15 is 0 Å². The summed E-state index contributed by atoms with van der Waals surface area (Å²) in [6.45, 7) is 0. The first kappa shape index (κ1) is 6.27. The fraction of sp³-hybridized carbons (Fsp3) is 0.286. The van der Waals surface area contributed by atoms with E-state index in [-0.39, 0.29) is 5.76 Å². The number of nitrogens with zero attached hydrogens (tertiary/aromatic N) is 2. The number of hydrogen-bond acceptors (Lipinski definition) is 4. The molecule has 0 amide bonds. The smallest absolute Gasteiger partial charge is 0.213 e. The van der Waals surface area contributed by atoms with Crippen molar-refractivity contribution < 1.29 is 9.90 Å². The highest BCUT2D eigenvalue weighted by atomic mass is 16.3. The summed E-state index contributed by atoms with van der Waals surface area (Å²) in [6.07, 6.45) is 4.20. The third-order valence-electron chi connectivity index (χ3n) is 1.79. The van der Waals surface area contributed by atoms with Crippen molar-refractivity contribution in [3.05, 3.63) is 23.5 Å². The first-order chi connectivity index (χ1) is 5.26. The summed E-state index contributed by atoms with van der Waals surface area (Å²) in [5.41, 5.74) is -0.125. The minimum atomic E-state index is -0.498. The van der Waals surface area contributed by atoms with Gasteiger partial charge in [-0.2, -0.15) is 10.2 Å². The Hall–Kier alpha value is -1.45. The lowest BCUT2D eigenvalue weighted by atomic mass is 9.97. The number of aliphatic hydroxyl groups excluding tert-OH is 1. The van der Waals surface area contributed by atoms with Crippen LogP contribution in [0.25, 0.3) is 0 Å². The maximum Gasteiger partial charge on any atom is 0.213 e. The van der Waals surface area contributed by atoms with E-state index in [2.05, 4.69) is 10.2 Å². The molecule has 0 aromatic heterocycles. The van der Waals surface area contributed by atoms with Gasteiger partial charge in [0.2, 0.25) is 5.66 Å². The van der Waals surface area contributed by atoms with Crippen LogP contribution < -0.4 is 0 Å². The van der Waals surface area contributed by atoms with Crippen LogP contribution in [0, 0.1) is 0 Å². The Morgan fingerprint density at radius 2 is 2.36 bits per heavy atom. The Kier molecular flexibility index (Phi) is 1.01. The van der Waals surface area contributed by atoms with E-state index in [1.807, 2.05) is 0 Å². The van der Waals surface area contributed by atoms with E-state index in [1.165, 1.54) is 6.08 Å². The zero-order valence-corrected chi connectivity index (χ0v) is 5.69. The quantitative estimate of drug-likeness (QED) is 0.569. The van der Waals surface area contributed by atoms with Crippen LogP contribution in [-0.4, -0.2) is 17.1 Å². The van der Waals surface area contributed by atoms with Gasteiger partial charge in [-0.05, 0) is 12.2 Å². The Morgan fingerprint density at radius 1 is 1.64 bits per heavy atom. The molecule has 0 radical (unpaired) electrons. The van der Waals surface area contributed by atoms with Gasteiger partial charge in [0.15, 0.2) is 0 Å². The van der Waals surface area contributed by atoms with E-state index in [1.54, 1.807) is 6.08 Å². The fourth-order valence-corrected chi connectivity index (χ4v) is 1.05. The van der Waals surface area contributed by atoms with Crippen molar-refractivity contribution in [3.63, 3.8) is 0 Å². The number of carbonyl (C=O) groups is 1. The highest BCUT2D eigenvalue weighted by Crippen LogP contribution is 2.39. The summed E-state index contributed by atoms with van der Waals surface area (Å²) in [5, 5.41) is 16.6. The molecule has 0 bridgehead atoms. The maximum absolute atomic E-state index is 10.4. The second kappa shape index (κ2) is 1.78. The Balaban J connectivity index is 2.28. The van der Waals surface area contributed by atoms with Crippen molar-refractivity contribution in [1.82, 2.24) is 0 Å². The lowest BCUT2D eigenvalue weighted by Gasteiger charge is -2.10. The number of aldehydes is 1. The lowest BCUT2D eigenvalue weighted by molar-refractivity contribution is -0.105. The number of aliphatic hydroxyl groups is 1. The monoisotopic (exact) mass is 150 g/mol. The molecule has 1 aliphatic carbocycles. The molecule has 56 valence electrons. The standard InChI is InChI=1S/C7H6N2O2/c10-4-5-3-7(8-9-7)2-1-6(5)11/h1-2,4,11H,3H2. The minimum absolute atomic E-state index is 0.0305. The maximum atomic E-state index is 10.4. The van der Waals surface area contributed by atoms with Gasteiger partial charge in [-0.15, -0.1) is 0 Å². The van der Waals surface area contributed by atoms with Gasteiger partial charge in [-0.1, -0.05) is 0 Å². The van der Waals surface area contributed by atoms with Crippen LogP contribution in [0.5, 0.6) is 0 Å². The van der Waals surface area contributed by atoms with Crippen molar-refractivity contribution in [2.75, 3.05) is 0 Å². The first-order valence-corrected chi connectivity index (χ1v) is 3.26. The zero-order valence-electron chi connectivity index (χ0n) is 5.69. The van der Waals surface area contributed by atoms with E-state index in [4.69, 9.17) is 5.11 Å². The summed E-state index contributed by atoms with van der Waals surface area (Å²) in [7, 11) is 0. The van der Waals surface area contributed by atoms with Crippen molar-refractivity contribution in [1.29, 1.82) is 0 Å². The summed E-state index contributed by atoms with van der Waals surface area (Å²) in [4.78, 5) is 10.4. The molecule has 1 heterocycles. The van der Waals surface area contributed by atoms with Crippen molar-refractivity contribution in [2.24, 2.45) is 10.2 Å². The van der Waals surface area contributed by atoms with Gasteiger partial charge < -0.3 is 5.11 Å². The normalized spacial score (nSPS) is 24.4. The number of allylic oxidation sites excluding steroid dienone is 1. The third-order valence-corrected chi connectivity index (χ3v) is 1.79. The van der Waals surface area contributed by atoms with E-state index in [0.29, 0.717) is 18.3 Å². The molecule has 0 saturated carbocycles. The molecule has 0 unspecified atom stereocenters. The SMILES string of the molecule is O=CC1=C(O)C=CC2(C1)N=N2. The van der Waals surface area contributed by atoms with Gasteiger partial charge in [0.1, 0.15) is 12.0 Å². The van der Waals surface area contributed by atoms with Gasteiger partial charge >= 0.3 is 0 Å². The number of carbonyl (C=O) groups excluding carboxylic acids is 1. The van der Waals surface area contributed by atoms with Crippen LogP contribution >= 0.6 is 0 Å². The zero-order chi connectivity index (χ0) is 7.90. The molecule has 1 spiro atoms. The summed E-state index contributed by atoms with van der Waals surface area (Å²) in [5.74, 6) is 0.0305. The van der Waals surface area contributed by atoms with Gasteiger partial charge in [-0.25, -0.2) is 0 Å². The second-order valence-corrected chi connectivity index (χ2v) is 2.62. The molecule has 0 fully saturated rings. The van der Waals surface area contributed by atoms with E-state index in [0.717, 1.165) is 0 Å². The molecule has 4 heteroatoms. The Labute approximate surface area is 62.9 Å². The van der Waals surface area contributed by atoms with E-state index < -0.39 is 5.66 Å². The van der Waals surface area contributed by atoms with Gasteiger partial charge in [0, 0.05) is 12.0 Å². The molecule has 1 N–H and O–H groups in total. The summed E-state index contributed by atoms with van der Waals surface area (Å²) < 4.78 is 0. The average Bonchev–Trinajstić information content (AvgIpc) is 2.76. The number of hydrogen-bond donors (Lipinski definition) is 1. The van der Waals surface area contributed by atoms with Crippen molar-refractivity contribution >= 4 is 6.29 Å². The van der Waals surface area contributed by atoms with Crippen molar-refractivity contribution in [2.45, 2.75) is 12.1 Å². The van der Waals surface area contributed by atoms with Gasteiger partial charge in [0.05, 0.1) is 0 Å². The topological polar surface area (TPSA) is 62.0 Å². The van der Waals surface area contributed by atoms with E-state index in [9.17, 15) is 4.79 Å². The second-order valence-electron chi connectivity index (χ2n) is 2.62. The van der Waals surface area contributed by atoms with Crippen LogP contribution in [0.1, 0.15) is 6.42 Å². The van der Waals surface area contributed by atoms with Gasteiger partial charge in [-0.3, -0.25) is 4.79 Å². The lowest BCUT2D eigenvalue weighted by Crippen LogP contribution is -2.13. The fourth-order valence-electron chi connectivity index (χ4n) is 1.05. The van der Waals surface area contributed by atoms with Crippen LogP contribution in [-0.2, 0) is 4.79 Å². The number of rotatable bonds is 1. The predicted molar refractivity (Wildman–Crippen MR) is 37.1 cm³/mol. The summed E-state index contributed by atoms with van der Waals surface area (Å²) in [6, 6.07) is 0. The van der Waals surface area contributed by atoms with Crippen LogP contribution in [0.4, 0.5) is 0 Å².